The first-order chi connectivity index (χ1) is 10.0. The molecule has 0 fully saturated rings. The molecule has 1 atom stereocenters. The van der Waals surface area contributed by atoms with Gasteiger partial charge in [-0.2, -0.15) is 0 Å². The molecule has 0 radical (unpaired) electrons. The van der Waals surface area contributed by atoms with Crippen molar-refractivity contribution in [1.82, 2.24) is 10.3 Å². The molecule has 1 aromatic heterocycles. The van der Waals surface area contributed by atoms with Crippen LogP contribution in [0.1, 0.15) is 18.1 Å². The van der Waals surface area contributed by atoms with Crippen molar-refractivity contribution in [2.24, 2.45) is 5.92 Å². The van der Waals surface area contributed by atoms with Crippen LogP contribution >= 0.6 is 11.3 Å². The number of carbonyl (C=O) groups excluding carboxylic acids is 1. The summed E-state index contributed by atoms with van der Waals surface area (Å²) in [7, 11) is 1.84. The Balaban J connectivity index is 2.13. The van der Waals surface area contributed by atoms with E-state index in [1.165, 1.54) is 22.5 Å². The van der Waals surface area contributed by atoms with Gasteiger partial charge in [0.1, 0.15) is 0 Å². The molecule has 1 amide bonds. The Labute approximate surface area is 129 Å². The summed E-state index contributed by atoms with van der Waals surface area (Å²) in [6.07, 6.45) is 0. The van der Waals surface area contributed by atoms with Gasteiger partial charge >= 0.3 is 0 Å². The predicted molar refractivity (Wildman–Crippen MR) is 88.7 cm³/mol. The summed E-state index contributed by atoms with van der Waals surface area (Å²) < 4.78 is 0. The monoisotopic (exact) mass is 303 g/mol. The number of thiazole rings is 1. The number of benzene rings is 1. The minimum atomic E-state index is -0.0801. The average Bonchev–Trinajstić information content (AvgIpc) is 2.87. The number of nitrogens with one attached hydrogen (secondary N) is 2. The zero-order valence-electron chi connectivity index (χ0n) is 12.9. The first kappa shape index (κ1) is 15.7. The van der Waals surface area contributed by atoms with Crippen LogP contribution in [0.5, 0.6) is 0 Å². The van der Waals surface area contributed by atoms with Crippen molar-refractivity contribution in [3.05, 3.63) is 34.7 Å². The van der Waals surface area contributed by atoms with E-state index in [4.69, 9.17) is 0 Å². The van der Waals surface area contributed by atoms with Crippen LogP contribution in [0.3, 0.4) is 0 Å². The molecule has 0 saturated heterocycles. The van der Waals surface area contributed by atoms with Gasteiger partial charge in [0, 0.05) is 23.4 Å². The lowest BCUT2D eigenvalue weighted by Gasteiger charge is -2.09. The van der Waals surface area contributed by atoms with Crippen LogP contribution in [0.4, 0.5) is 5.13 Å². The predicted octanol–water partition coefficient (Wildman–Crippen LogP) is 3.22. The summed E-state index contributed by atoms with van der Waals surface area (Å²) in [5.41, 5.74) is 4.46. The third kappa shape index (κ3) is 3.89. The SMILES string of the molecule is CNCC(C)C(=O)Nc1nc(-c2ccc(C)cc2C)cs1. The Morgan fingerprint density at radius 3 is 2.81 bits per heavy atom. The first-order valence-corrected chi connectivity index (χ1v) is 7.88. The van der Waals surface area contributed by atoms with Crippen LogP contribution in [0, 0.1) is 19.8 Å². The first-order valence-electron chi connectivity index (χ1n) is 7.00. The Morgan fingerprint density at radius 1 is 1.38 bits per heavy atom. The largest absolute Gasteiger partial charge is 0.319 e. The molecule has 0 spiro atoms. The van der Waals surface area contributed by atoms with Crippen molar-refractivity contribution in [3.63, 3.8) is 0 Å². The molecular weight excluding hydrogens is 282 g/mol. The number of aromatic nitrogens is 1. The summed E-state index contributed by atoms with van der Waals surface area (Å²) in [5, 5.41) is 8.51. The fourth-order valence-corrected chi connectivity index (χ4v) is 2.90. The van der Waals surface area contributed by atoms with Gasteiger partial charge in [-0.25, -0.2) is 4.98 Å². The van der Waals surface area contributed by atoms with Crippen LogP contribution < -0.4 is 10.6 Å². The van der Waals surface area contributed by atoms with E-state index in [1.54, 1.807) is 0 Å². The lowest BCUT2D eigenvalue weighted by molar-refractivity contribution is -0.119. The van der Waals surface area contributed by atoms with Gasteiger partial charge in [0.05, 0.1) is 5.69 Å². The molecule has 0 saturated carbocycles. The number of amides is 1. The van der Waals surface area contributed by atoms with Gasteiger partial charge in [-0.1, -0.05) is 30.7 Å². The van der Waals surface area contributed by atoms with E-state index < -0.39 is 0 Å². The van der Waals surface area contributed by atoms with Crippen LogP contribution in [0.25, 0.3) is 11.3 Å². The molecule has 2 N–H and O–H groups in total. The van der Waals surface area contributed by atoms with E-state index in [1.807, 2.05) is 19.4 Å². The van der Waals surface area contributed by atoms with Crippen molar-refractivity contribution in [2.75, 3.05) is 18.9 Å². The molecule has 4 nitrogen and oxygen atoms in total. The minimum absolute atomic E-state index is 0.00845. The van der Waals surface area contributed by atoms with Gasteiger partial charge in [0.2, 0.25) is 5.91 Å². The highest BCUT2D eigenvalue weighted by molar-refractivity contribution is 7.14. The second kappa shape index (κ2) is 6.83. The van der Waals surface area contributed by atoms with Gasteiger partial charge in [0.25, 0.3) is 0 Å². The van der Waals surface area contributed by atoms with Gasteiger partial charge in [-0.15, -0.1) is 11.3 Å². The summed E-state index contributed by atoms with van der Waals surface area (Å²) in [5.74, 6) is -0.0886. The summed E-state index contributed by atoms with van der Waals surface area (Å²) >= 11 is 1.46. The van der Waals surface area contributed by atoms with Gasteiger partial charge in [-0.3, -0.25) is 4.79 Å². The highest BCUT2D eigenvalue weighted by Crippen LogP contribution is 2.28. The number of carbonyl (C=O) groups is 1. The van der Waals surface area contributed by atoms with Gasteiger partial charge < -0.3 is 10.6 Å². The lowest BCUT2D eigenvalue weighted by atomic mass is 10.0. The number of anilines is 1. The lowest BCUT2D eigenvalue weighted by Crippen LogP contribution is -2.28. The maximum absolute atomic E-state index is 12.0. The van der Waals surface area contributed by atoms with Crippen LogP contribution in [0.15, 0.2) is 23.6 Å². The topological polar surface area (TPSA) is 54.0 Å². The molecule has 5 heteroatoms. The maximum atomic E-state index is 12.0. The van der Waals surface area contributed by atoms with Crippen molar-refractivity contribution in [3.8, 4) is 11.3 Å². The molecule has 1 aromatic carbocycles. The second-order valence-electron chi connectivity index (χ2n) is 5.30. The molecule has 0 aliphatic rings. The molecule has 2 aromatic rings. The second-order valence-corrected chi connectivity index (χ2v) is 6.16. The number of hydrogen-bond acceptors (Lipinski definition) is 4. The highest BCUT2D eigenvalue weighted by atomic mass is 32.1. The average molecular weight is 303 g/mol. The van der Waals surface area contributed by atoms with Crippen molar-refractivity contribution >= 4 is 22.4 Å². The van der Waals surface area contributed by atoms with Crippen molar-refractivity contribution < 1.29 is 4.79 Å². The van der Waals surface area contributed by atoms with E-state index in [9.17, 15) is 4.79 Å². The third-order valence-corrected chi connectivity index (χ3v) is 4.11. The number of hydrogen-bond donors (Lipinski definition) is 2. The third-order valence-electron chi connectivity index (χ3n) is 3.35. The van der Waals surface area contributed by atoms with Crippen LogP contribution in [-0.4, -0.2) is 24.5 Å². The molecule has 1 heterocycles. The Hall–Kier alpha value is -1.72. The molecule has 0 bridgehead atoms. The standard InChI is InChI=1S/C16H21N3OS/c1-10-5-6-13(11(2)7-10)14-9-21-16(18-14)19-15(20)12(3)8-17-4/h5-7,9,12,17H,8H2,1-4H3,(H,18,19,20). The Morgan fingerprint density at radius 2 is 2.14 bits per heavy atom. The molecule has 0 aliphatic heterocycles. The molecule has 0 aliphatic carbocycles. The van der Waals surface area contributed by atoms with Crippen molar-refractivity contribution in [2.45, 2.75) is 20.8 Å². The minimum Gasteiger partial charge on any atom is -0.319 e. The van der Waals surface area contributed by atoms with E-state index in [0.29, 0.717) is 11.7 Å². The van der Waals surface area contributed by atoms with E-state index in [-0.39, 0.29) is 11.8 Å². The smallest absolute Gasteiger partial charge is 0.230 e. The fraction of sp³-hybridized carbons (Fsp3) is 0.375. The Bertz CT molecular complexity index is 636. The summed E-state index contributed by atoms with van der Waals surface area (Å²) in [4.78, 5) is 16.5. The number of rotatable bonds is 5. The zero-order chi connectivity index (χ0) is 15.4. The molecule has 1 unspecified atom stereocenters. The summed E-state index contributed by atoms with van der Waals surface area (Å²) in [6, 6.07) is 6.30. The normalized spacial score (nSPS) is 12.2. The van der Waals surface area contributed by atoms with Crippen LogP contribution in [-0.2, 0) is 4.79 Å². The van der Waals surface area contributed by atoms with E-state index in [2.05, 4.69) is 47.7 Å². The van der Waals surface area contributed by atoms with Gasteiger partial charge in [0.15, 0.2) is 5.13 Å². The van der Waals surface area contributed by atoms with E-state index in [0.717, 1.165) is 11.3 Å². The molecule has 21 heavy (non-hydrogen) atoms. The maximum Gasteiger partial charge on any atom is 0.230 e. The quantitative estimate of drug-likeness (QED) is 0.891. The molecular formula is C16H21N3OS. The molecule has 2 rings (SSSR count). The summed E-state index contributed by atoms with van der Waals surface area (Å²) in [6.45, 7) is 6.70. The number of aryl methyl sites for hydroxylation is 2. The zero-order valence-corrected chi connectivity index (χ0v) is 13.7. The van der Waals surface area contributed by atoms with Crippen LogP contribution in [0.2, 0.25) is 0 Å². The van der Waals surface area contributed by atoms with E-state index >= 15 is 0 Å². The molecule has 112 valence electrons. The highest BCUT2D eigenvalue weighted by Gasteiger charge is 2.14. The fourth-order valence-electron chi connectivity index (χ4n) is 2.18. The number of nitrogens with zero attached hydrogens (tertiary/aromatic N) is 1. The van der Waals surface area contributed by atoms with Gasteiger partial charge in [-0.05, 0) is 26.5 Å². The Kier molecular flexibility index (Phi) is 5.09. The van der Waals surface area contributed by atoms with Crippen molar-refractivity contribution in [1.29, 1.82) is 0 Å².